The number of hydrogen-bond acceptors (Lipinski definition) is 4. The summed E-state index contributed by atoms with van der Waals surface area (Å²) < 4.78 is 0. The Morgan fingerprint density at radius 2 is 0.762 bits per heavy atom. The Kier molecular flexibility index (Phi) is 29.5. The monoisotopic (exact) mass is 597 g/mol. The van der Waals surface area contributed by atoms with E-state index in [4.69, 9.17) is 5.11 Å². The van der Waals surface area contributed by atoms with E-state index in [9.17, 15) is 20.1 Å². The summed E-state index contributed by atoms with van der Waals surface area (Å²) in [5, 5.41) is 37.8. The molecule has 0 aliphatic heterocycles. The van der Waals surface area contributed by atoms with Crippen molar-refractivity contribution in [2.75, 3.05) is 0 Å². The highest BCUT2D eigenvalue weighted by molar-refractivity contribution is 5.87. The molecule has 0 fully saturated rings. The lowest BCUT2D eigenvalue weighted by Crippen LogP contribution is -2.42. The Morgan fingerprint density at radius 1 is 0.524 bits per heavy atom. The van der Waals surface area contributed by atoms with Gasteiger partial charge >= 0.3 is 5.97 Å². The fourth-order valence-electron chi connectivity index (χ4n) is 5.86. The van der Waals surface area contributed by atoms with Gasteiger partial charge < -0.3 is 20.4 Å². The second kappa shape index (κ2) is 30.1. The van der Waals surface area contributed by atoms with Crippen LogP contribution in [0.1, 0.15) is 206 Å². The van der Waals surface area contributed by atoms with Gasteiger partial charge in [-0.2, -0.15) is 0 Å². The fourth-order valence-corrected chi connectivity index (χ4v) is 5.86. The van der Waals surface area contributed by atoms with Crippen molar-refractivity contribution in [3.05, 3.63) is 11.6 Å². The van der Waals surface area contributed by atoms with Crippen molar-refractivity contribution in [3.8, 4) is 0 Å². The molecular formula is C37H72O5. The highest BCUT2D eigenvalue weighted by Crippen LogP contribution is 2.18. The predicted molar refractivity (Wildman–Crippen MR) is 179 cm³/mol. The second-order valence-electron chi connectivity index (χ2n) is 13.1. The van der Waals surface area contributed by atoms with Crippen LogP contribution in [0.5, 0.6) is 0 Å². The number of aliphatic carboxylic acids is 1. The van der Waals surface area contributed by atoms with Gasteiger partial charge in [-0.25, -0.2) is 4.79 Å². The standard InChI is InChI=1S/C37H72O5/c1-3-4-5-6-7-8-9-10-11-12-13-14-15-16-17-18-19-20-21-22-23-24-25-26-27-28-29-30-31-32-33-34(36(39)40)35(38)37(2,41)42/h33,35,38,41-42H,3-32H2,1-2H3,(H,39,40)/t35-/m1/s1. The molecule has 4 N–H and O–H groups in total. The van der Waals surface area contributed by atoms with Gasteiger partial charge in [-0.3, -0.25) is 0 Å². The van der Waals surface area contributed by atoms with Crippen molar-refractivity contribution in [1.82, 2.24) is 0 Å². The van der Waals surface area contributed by atoms with Gasteiger partial charge in [-0.1, -0.05) is 193 Å². The summed E-state index contributed by atoms with van der Waals surface area (Å²) in [6, 6.07) is 0. The van der Waals surface area contributed by atoms with E-state index < -0.39 is 17.9 Å². The average Bonchev–Trinajstić information content (AvgIpc) is 2.95. The third-order valence-corrected chi connectivity index (χ3v) is 8.73. The van der Waals surface area contributed by atoms with Crippen LogP contribution in [0.2, 0.25) is 0 Å². The van der Waals surface area contributed by atoms with Crippen LogP contribution in [0.3, 0.4) is 0 Å². The zero-order chi connectivity index (χ0) is 31.2. The van der Waals surface area contributed by atoms with E-state index >= 15 is 0 Å². The van der Waals surface area contributed by atoms with Crippen LogP contribution in [0.4, 0.5) is 0 Å². The second-order valence-corrected chi connectivity index (χ2v) is 13.1. The Balaban J connectivity index is 3.29. The van der Waals surface area contributed by atoms with Gasteiger partial charge in [0, 0.05) is 0 Å². The predicted octanol–water partition coefficient (Wildman–Crippen LogP) is 10.8. The number of aliphatic hydroxyl groups excluding tert-OH is 1. The first-order chi connectivity index (χ1) is 20.3. The van der Waals surface area contributed by atoms with Crippen molar-refractivity contribution in [2.24, 2.45) is 0 Å². The number of carboxylic acids is 1. The Bertz CT molecular complexity index is 610. The minimum atomic E-state index is -2.45. The van der Waals surface area contributed by atoms with Crippen LogP contribution in [0, 0.1) is 0 Å². The van der Waals surface area contributed by atoms with Crippen molar-refractivity contribution < 1.29 is 25.2 Å². The van der Waals surface area contributed by atoms with Crippen LogP contribution in [0.15, 0.2) is 11.6 Å². The number of hydrogen-bond donors (Lipinski definition) is 4. The average molecular weight is 597 g/mol. The minimum Gasteiger partial charge on any atom is -0.478 e. The van der Waals surface area contributed by atoms with Gasteiger partial charge in [0.25, 0.3) is 0 Å². The molecule has 0 heterocycles. The topological polar surface area (TPSA) is 98.0 Å². The molecule has 42 heavy (non-hydrogen) atoms. The number of carboxylic acid groups (broad SMARTS) is 1. The lowest BCUT2D eigenvalue weighted by Gasteiger charge is -2.23. The Morgan fingerprint density at radius 3 is 0.976 bits per heavy atom. The highest BCUT2D eigenvalue weighted by Gasteiger charge is 2.33. The van der Waals surface area contributed by atoms with Crippen LogP contribution in [-0.4, -0.2) is 38.3 Å². The Labute approximate surface area is 261 Å². The first-order valence-electron chi connectivity index (χ1n) is 18.4. The molecule has 0 bridgehead atoms. The molecule has 0 spiro atoms. The zero-order valence-electron chi connectivity index (χ0n) is 28.1. The molecule has 0 radical (unpaired) electrons. The quantitative estimate of drug-likeness (QED) is 0.0343. The molecule has 0 aromatic heterocycles. The first-order valence-corrected chi connectivity index (χ1v) is 18.4. The van der Waals surface area contributed by atoms with E-state index in [1.54, 1.807) is 0 Å². The third-order valence-electron chi connectivity index (χ3n) is 8.73. The summed E-state index contributed by atoms with van der Waals surface area (Å²) >= 11 is 0. The maximum Gasteiger partial charge on any atom is 0.334 e. The van der Waals surface area contributed by atoms with E-state index in [0.717, 1.165) is 26.2 Å². The summed E-state index contributed by atoms with van der Waals surface area (Å²) in [4.78, 5) is 11.2. The number of aliphatic hydroxyl groups is 3. The molecule has 0 unspecified atom stereocenters. The molecule has 1 atom stereocenters. The summed E-state index contributed by atoms with van der Waals surface area (Å²) in [7, 11) is 0. The molecule has 0 saturated heterocycles. The molecule has 0 aliphatic carbocycles. The smallest absolute Gasteiger partial charge is 0.334 e. The number of rotatable bonds is 33. The zero-order valence-corrected chi connectivity index (χ0v) is 28.1. The van der Waals surface area contributed by atoms with Crippen LogP contribution in [-0.2, 0) is 4.79 Å². The Hall–Kier alpha value is -0.910. The molecule has 0 aromatic carbocycles. The molecule has 0 aromatic rings. The van der Waals surface area contributed by atoms with Gasteiger partial charge in [0.2, 0.25) is 0 Å². The molecule has 250 valence electrons. The van der Waals surface area contributed by atoms with Gasteiger partial charge in [0.15, 0.2) is 5.79 Å². The van der Waals surface area contributed by atoms with Crippen molar-refractivity contribution in [2.45, 2.75) is 218 Å². The van der Waals surface area contributed by atoms with Gasteiger partial charge in [0.05, 0.1) is 5.57 Å². The molecule has 0 aliphatic rings. The fraction of sp³-hybridized carbons (Fsp3) is 0.919. The highest BCUT2D eigenvalue weighted by atomic mass is 16.5. The van der Waals surface area contributed by atoms with E-state index in [2.05, 4.69) is 6.92 Å². The summed E-state index contributed by atoms with van der Waals surface area (Å²) in [5.41, 5.74) is -0.345. The lowest BCUT2D eigenvalue weighted by atomic mass is 10.00. The molecule has 0 amide bonds. The van der Waals surface area contributed by atoms with Gasteiger partial charge in [-0.15, -0.1) is 0 Å². The van der Waals surface area contributed by atoms with E-state index in [0.29, 0.717) is 6.42 Å². The first kappa shape index (κ1) is 41.1. The maximum atomic E-state index is 11.2. The maximum absolute atomic E-state index is 11.2. The number of carbonyl (C=O) groups is 1. The van der Waals surface area contributed by atoms with Gasteiger partial charge in [-0.05, 0) is 19.8 Å². The molecule has 5 nitrogen and oxygen atoms in total. The van der Waals surface area contributed by atoms with Crippen LogP contribution >= 0.6 is 0 Å². The number of unbranched alkanes of at least 4 members (excludes halogenated alkanes) is 29. The summed E-state index contributed by atoms with van der Waals surface area (Å²) in [6.07, 6.45) is 39.7. The van der Waals surface area contributed by atoms with E-state index in [1.807, 2.05) is 0 Å². The molecular weight excluding hydrogens is 524 g/mol. The van der Waals surface area contributed by atoms with Crippen molar-refractivity contribution in [1.29, 1.82) is 0 Å². The van der Waals surface area contributed by atoms with Gasteiger partial charge in [0.1, 0.15) is 6.10 Å². The van der Waals surface area contributed by atoms with Crippen molar-refractivity contribution in [3.63, 3.8) is 0 Å². The van der Waals surface area contributed by atoms with Crippen LogP contribution < -0.4 is 0 Å². The number of allylic oxidation sites excluding steroid dienone is 1. The summed E-state index contributed by atoms with van der Waals surface area (Å²) in [5.74, 6) is -3.76. The molecule has 5 heteroatoms. The lowest BCUT2D eigenvalue weighted by molar-refractivity contribution is -0.202. The molecule has 0 saturated carbocycles. The molecule has 0 rings (SSSR count). The summed E-state index contributed by atoms with van der Waals surface area (Å²) in [6.45, 7) is 3.28. The SMILES string of the molecule is CCCCCCCCCCCCCCCCCCCCCCCCCCCCCCCC=C(C(=O)O)[C@@H](O)C(C)(O)O. The normalized spacial score (nSPS) is 13.1. The third kappa shape index (κ3) is 27.9. The van der Waals surface area contributed by atoms with Crippen LogP contribution in [0.25, 0.3) is 0 Å². The largest absolute Gasteiger partial charge is 0.478 e. The minimum absolute atomic E-state index is 0.345. The van der Waals surface area contributed by atoms with E-state index in [-0.39, 0.29) is 5.57 Å². The van der Waals surface area contributed by atoms with Crippen molar-refractivity contribution >= 4 is 5.97 Å². The van der Waals surface area contributed by atoms with E-state index in [1.165, 1.54) is 173 Å².